The van der Waals surface area contributed by atoms with Crippen LogP contribution in [0.2, 0.25) is 0 Å². The maximum Gasteiger partial charge on any atom is 0.326 e. The van der Waals surface area contributed by atoms with Crippen LogP contribution in [0.15, 0.2) is 40.6 Å². The van der Waals surface area contributed by atoms with Gasteiger partial charge in [-0.2, -0.15) is 4.31 Å². The Balaban J connectivity index is 1.47. The average Bonchev–Trinajstić information content (AvgIpc) is 3.39. The van der Waals surface area contributed by atoms with Crippen molar-refractivity contribution in [1.82, 2.24) is 4.31 Å². The van der Waals surface area contributed by atoms with Crippen LogP contribution in [0.4, 0.5) is 10.1 Å². The molecule has 1 aliphatic rings. The molecule has 2 heterocycles. The second-order valence-corrected chi connectivity index (χ2v) is 11.8. The first kappa shape index (κ1) is 25.4. The predicted octanol–water partition coefficient (Wildman–Crippen LogP) is 4.66. The quantitative estimate of drug-likeness (QED) is 0.418. The zero-order chi connectivity index (χ0) is 25.3. The largest absolute Gasteiger partial charge is 0.492 e. The molecule has 0 bridgehead atoms. The molecule has 1 aliphatic heterocycles. The first-order valence-corrected chi connectivity index (χ1v) is 13.8. The van der Waals surface area contributed by atoms with Crippen molar-refractivity contribution in [2.75, 3.05) is 31.1 Å². The number of carboxylic acids is 1. The lowest BCUT2D eigenvalue weighted by molar-refractivity contribution is -0.138. The lowest BCUT2D eigenvalue weighted by Gasteiger charge is -2.24. The number of halogens is 1. The predicted molar refractivity (Wildman–Crippen MR) is 136 cm³/mol. The minimum atomic E-state index is -3.77. The molecule has 1 unspecified atom stereocenters. The Morgan fingerprint density at radius 2 is 2.03 bits per heavy atom. The number of sulfonamides is 1. The van der Waals surface area contributed by atoms with Crippen LogP contribution < -0.4 is 9.64 Å². The van der Waals surface area contributed by atoms with Crippen LogP contribution in [0.1, 0.15) is 31.4 Å². The molecule has 0 radical (unpaired) electrons. The number of aryl methyl sites for hydroxylation is 1. The van der Waals surface area contributed by atoms with E-state index in [-0.39, 0.29) is 17.4 Å². The molecule has 1 N–H and O–H groups in total. The Bertz CT molecular complexity index is 1360. The van der Waals surface area contributed by atoms with Gasteiger partial charge in [0.2, 0.25) is 0 Å². The molecular weight excluding hydrogens is 491 g/mol. The van der Waals surface area contributed by atoms with Crippen LogP contribution >= 0.6 is 11.3 Å². The number of aliphatic carboxylic acids is 1. The number of carboxylic acid groups (broad SMARTS) is 1. The Labute approximate surface area is 208 Å². The highest BCUT2D eigenvalue weighted by atomic mass is 32.2. The molecule has 0 spiro atoms. The van der Waals surface area contributed by atoms with E-state index in [0.29, 0.717) is 36.2 Å². The molecular formula is C25H29FN2O5S2. The third kappa shape index (κ3) is 5.00. The maximum absolute atomic E-state index is 13.7. The SMILES string of the molecule is CCCN(CCOc1ccc2c(c1)CCN2C(C)C(=O)O)S(=O)(=O)c1sc2ccc(F)cc2c1C. The number of anilines is 1. The van der Waals surface area contributed by atoms with E-state index in [2.05, 4.69) is 0 Å². The number of fused-ring (bicyclic) bond motifs is 2. The van der Waals surface area contributed by atoms with Crippen molar-refractivity contribution in [3.05, 3.63) is 53.3 Å². The van der Waals surface area contributed by atoms with Crippen LogP contribution in [-0.2, 0) is 21.2 Å². The highest BCUT2D eigenvalue weighted by molar-refractivity contribution is 7.91. The van der Waals surface area contributed by atoms with E-state index in [9.17, 15) is 22.7 Å². The molecule has 0 fully saturated rings. The van der Waals surface area contributed by atoms with Gasteiger partial charge in [-0.3, -0.25) is 0 Å². The van der Waals surface area contributed by atoms with Crippen LogP contribution in [0.5, 0.6) is 5.75 Å². The van der Waals surface area contributed by atoms with Crippen LogP contribution in [0.25, 0.3) is 10.1 Å². The van der Waals surface area contributed by atoms with Crippen LogP contribution in [0, 0.1) is 12.7 Å². The minimum absolute atomic E-state index is 0.172. The molecule has 0 amide bonds. The van der Waals surface area contributed by atoms with Gasteiger partial charge in [-0.25, -0.2) is 17.6 Å². The number of hydrogen-bond acceptors (Lipinski definition) is 6. The van der Waals surface area contributed by atoms with Gasteiger partial charge in [0.25, 0.3) is 10.0 Å². The molecule has 4 rings (SSSR count). The van der Waals surface area contributed by atoms with Gasteiger partial charge in [-0.15, -0.1) is 11.3 Å². The summed E-state index contributed by atoms with van der Waals surface area (Å²) in [6.07, 6.45) is 1.38. The summed E-state index contributed by atoms with van der Waals surface area (Å²) in [5.74, 6) is -0.638. The van der Waals surface area contributed by atoms with E-state index >= 15 is 0 Å². The Hall–Kier alpha value is -2.69. The summed E-state index contributed by atoms with van der Waals surface area (Å²) in [6, 6.07) is 9.26. The highest BCUT2D eigenvalue weighted by Gasteiger charge is 2.30. The summed E-state index contributed by atoms with van der Waals surface area (Å²) in [5.41, 5.74) is 2.46. The lowest BCUT2D eigenvalue weighted by Crippen LogP contribution is -2.37. The molecule has 0 saturated carbocycles. The van der Waals surface area contributed by atoms with E-state index < -0.39 is 27.9 Å². The highest BCUT2D eigenvalue weighted by Crippen LogP contribution is 2.36. The van der Waals surface area contributed by atoms with Crippen molar-refractivity contribution in [3.8, 4) is 5.75 Å². The number of hydrogen-bond donors (Lipinski definition) is 1. The first-order valence-electron chi connectivity index (χ1n) is 11.6. The van der Waals surface area contributed by atoms with Gasteiger partial charge in [0.05, 0.1) is 0 Å². The normalized spacial score (nSPS) is 14.5. The van der Waals surface area contributed by atoms with Crippen molar-refractivity contribution in [3.63, 3.8) is 0 Å². The molecule has 3 aromatic rings. The standard InChI is InChI=1S/C25H29FN2O5S2/c1-4-10-27(35(31,32)25-16(2)21-15-19(26)5-8-23(21)34-25)12-13-33-20-6-7-22-18(14-20)9-11-28(22)17(3)24(29)30/h5-8,14-15,17H,4,9-13H2,1-3H3,(H,29,30). The summed E-state index contributed by atoms with van der Waals surface area (Å²) in [4.78, 5) is 13.2. The molecule has 0 aliphatic carbocycles. The monoisotopic (exact) mass is 520 g/mol. The molecule has 2 aromatic carbocycles. The Morgan fingerprint density at radius 1 is 1.26 bits per heavy atom. The topological polar surface area (TPSA) is 87.2 Å². The van der Waals surface area contributed by atoms with E-state index in [1.165, 1.54) is 16.4 Å². The second-order valence-electron chi connectivity index (χ2n) is 8.66. The van der Waals surface area contributed by atoms with Gasteiger partial charge in [0.15, 0.2) is 0 Å². The number of ether oxygens (including phenoxy) is 1. The van der Waals surface area contributed by atoms with Crippen molar-refractivity contribution in [2.45, 2.75) is 43.9 Å². The third-order valence-corrected chi connectivity index (χ3v) is 10.1. The zero-order valence-corrected chi connectivity index (χ0v) is 21.6. The van der Waals surface area contributed by atoms with E-state index in [1.807, 2.05) is 24.0 Å². The van der Waals surface area contributed by atoms with Gasteiger partial charge in [0, 0.05) is 30.0 Å². The summed E-state index contributed by atoms with van der Waals surface area (Å²) in [7, 11) is -3.77. The smallest absolute Gasteiger partial charge is 0.326 e. The molecule has 0 saturated heterocycles. The first-order chi connectivity index (χ1) is 16.6. The fourth-order valence-electron chi connectivity index (χ4n) is 4.43. The van der Waals surface area contributed by atoms with Gasteiger partial charge in [0.1, 0.15) is 28.4 Å². The summed E-state index contributed by atoms with van der Waals surface area (Å²) >= 11 is 1.16. The van der Waals surface area contributed by atoms with Gasteiger partial charge in [-0.05, 0) is 79.6 Å². The number of carbonyl (C=O) groups is 1. The van der Waals surface area contributed by atoms with Crippen molar-refractivity contribution in [2.24, 2.45) is 0 Å². The molecule has 7 nitrogen and oxygen atoms in total. The molecule has 1 atom stereocenters. The van der Waals surface area contributed by atoms with E-state index in [0.717, 1.165) is 33.7 Å². The Morgan fingerprint density at radius 3 is 2.74 bits per heavy atom. The van der Waals surface area contributed by atoms with Crippen LogP contribution in [0.3, 0.4) is 0 Å². The van der Waals surface area contributed by atoms with Gasteiger partial charge in [-0.1, -0.05) is 6.92 Å². The molecule has 188 valence electrons. The maximum atomic E-state index is 13.7. The molecule has 35 heavy (non-hydrogen) atoms. The van der Waals surface area contributed by atoms with Crippen molar-refractivity contribution in [1.29, 1.82) is 0 Å². The number of rotatable bonds is 10. The average molecular weight is 521 g/mol. The van der Waals surface area contributed by atoms with Gasteiger partial charge < -0.3 is 14.7 Å². The number of benzene rings is 2. The Kier molecular flexibility index (Phi) is 7.35. The van der Waals surface area contributed by atoms with E-state index in [4.69, 9.17) is 4.74 Å². The van der Waals surface area contributed by atoms with E-state index in [1.54, 1.807) is 26.0 Å². The van der Waals surface area contributed by atoms with Crippen molar-refractivity contribution < 1.29 is 27.4 Å². The summed E-state index contributed by atoms with van der Waals surface area (Å²) < 4.78 is 49.0. The van der Waals surface area contributed by atoms with Crippen molar-refractivity contribution >= 4 is 43.1 Å². The summed E-state index contributed by atoms with van der Waals surface area (Å²) in [5, 5.41) is 9.93. The third-order valence-electron chi connectivity index (χ3n) is 6.32. The molecule has 10 heteroatoms. The molecule has 1 aromatic heterocycles. The van der Waals surface area contributed by atoms with Gasteiger partial charge >= 0.3 is 5.97 Å². The second kappa shape index (κ2) is 10.1. The van der Waals surface area contributed by atoms with Crippen LogP contribution in [-0.4, -0.2) is 56.1 Å². The zero-order valence-electron chi connectivity index (χ0n) is 20.0. The lowest BCUT2D eigenvalue weighted by atomic mass is 10.1. The fraction of sp³-hybridized carbons (Fsp3) is 0.400. The minimum Gasteiger partial charge on any atom is -0.492 e. The number of nitrogens with zero attached hydrogens (tertiary/aromatic N) is 2. The summed E-state index contributed by atoms with van der Waals surface area (Å²) in [6.45, 7) is 6.63. The fourth-order valence-corrected chi connectivity index (χ4v) is 7.83. The number of thiophene rings is 1.